The van der Waals surface area contributed by atoms with Crippen LogP contribution < -0.4 is 10.9 Å². The molecule has 3 aromatic heterocycles. The number of rotatable bonds is 5. The first kappa shape index (κ1) is 24.1. The first-order valence-corrected chi connectivity index (χ1v) is 11.3. The maximum Gasteiger partial charge on any atom is 0.336 e. The van der Waals surface area contributed by atoms with Crippen LogP contribution in [0.4, 0.5) is 8.78 Å². The standard InChI is InChI=1S/C26H20F2N6O3/c1-26(13-29)14-37-12-17-3-2-15(8-19(17)26)24(36)31-11-18-9-22-16(10-30-18)4-5-20(32-22)21-6-7-23(35)34(33-21)25(27)28/h2-10,25H,11-12,14H2,1H3,(H,31,36)/t26-/m1/s1. The van der Waals surface area contributed by atoms with Gasteiger partial charge in [0.15, 0.2) is 0 Å². The maximum absolute atomic E-state index is 13.1. The highest BCUT2D eigenvalue weighted by Gasteiger charge is 2.33. The van der Waals surface area contributed by atoms with Crippen molar-refractivity contribution >= 4 is 16.8 Å². The van der Waals surface area contributed by atoms with Crippen LogP contribution in [0.2, 0.25) is 0 Å². The molecule has 186 valence electrons. The molecule has 1 aromatic carbocycles. The number of hydrogen-bond donors (Lipinski definition) is 1. The largest absolute Gasteiger partial charge is 0.375 e. The van der Waals surface area contributed by atoms with Crippen molar-refractivity contribution in [3.63, 3.8) is 0 Å². The number of aromatic nitrogens is 4. The molecule has 1 aliphatic rings. The summed E-state index contributed by atoms with van der Waals surface area (Å²) in [5.74, 6) is -0.323. The molecule has 1 N–H and O–H groups in total. The van der Waals surface area contributed by atoms with Gasteiger partial charge in [0.05, 0.1) is 42.7 Å². The van der Waals surface area contributed by atoms with E-state index in [1.807, 2.05) is 0 Å². The molecule has 4 heterocycles. The first-order valence-electron chi connectivity index (χ1n) is 11.3. The number of halogens is 2. The Morgan fingerprint density at radius 3 is 2.81 bits per heavy atom. The summed E-state index contributed by atoms with van der Waals surface area (Å²) >= 11 is 0. The van der Waals surface area contributed by atoms with Crippen LogP contribution in [0, 0.1) is 11.3 Å². The number of hydrogen-bond acceptors (Lipinski definition) is 7. The van der Waals surface area contributed by atoms with E-state index in [-0.39, 0.29) is 29.4 Å². The van der Waals surface area contributed by atoms with Crippen LogP contribution >= 0.6 is 0 Å². The number of nitrogens with one attached hydrogen (secondary N) is 1. The minimum Gasteiger partial charge on any atom is -0.375 e. The number of amides is 1. The van der Waals surface area contributed by atoms with Crippen LogP contribution in [0.15, 0.2) is 59.5 Å². The van der Waals surface area contributed by atoms with Crippen molar-refractivity contribution in [2.75, 3.05) is 6.61 Å². The van der Waals surface area contributed by atoms with Gasteiger partial charge in [-0.25, -0.2) is 4.98 Å². The molecule has 9 nitrogen and oxygen atoms in total. The summed E-state index contributed by atoms with van der Waals surface area (Å²) in [6, 6.07) is 14.8. The van der Waals surface area contributed by atoms with Crippen molar-refractivity contribution in [2.45, 2.75) is 32.0 Å². The Morgan fingerprint density at radius 1 is 1.22 bits per heavy atom. The van der Waals surface area contributed by atoms with Gasteiger partial charge in [-0.1, -0.05) is 6.07 Å². The summed E-state index contributed by atoms with van der Waals surface area (Å²) in [7, 11) is 0. The fraction of sp³-hybridized carbons (Fsp3) is 0.231. The van der Waals surface area contributed by atoms with Gasteiger partial charge in [0.1, 0.15) is 11.1 Å². The summed E-state index contributed by atoms with van der Waals surface area (Å²) in [5.41, 5.74) is 1.82. The number of nitrogens with zero attached hydrogens (tertiary/aromatic N) is 5. The van der Waals surface area contributed by atoms with Crippen LogP contribution in [0.1, 0.15) is 40.7 Å². The number of nitriles is 1. The molecule has 5 rings (SSSR count). The lowest BCUT2D eigenvalue weighted by Gasteiger charge is -2.30. The van der Waals surface area contributed by atoms with E-state index in [4.69, 9.17) is 4.74 Å². The first-order chi connectivity index (χ1) is 17.8. The minimum absolute atomic E-state index is 0.0989. The molecular weight excluding hydrogens is 482 g/mol. The highest BCUT2D eigenvalue weighted by Crippen LogP contribution is 2.32. The number of pyridine rings is 2. The summed E-state index contributed by atoms with van der Waals surface area (Å²) < 4.78 is 31.7. The van der Waals surface area contributed by atoms with E-state index in [1.54, 1.807) is 49.5 Å². The summed E-state index contributed by atoms with van der Waals surface area (Å²) in [6.07, 6.45) is 1.60. The fourth-order valence-electron chi connectivity index (χ4n) is 4.16. The second-order valence-corrected chi connectivity index (χ2v) is 8.84. The Hall–Kier alpha value is -4.56. The zero-order valence-corrected chi connectivity index (χ0v) is 19.6. The van der Waals surface area contributed by atoms with E-state index in [2.05, 4.69) is 26.5 Å². The molecule has 0 bridgehead atoms. The zero-order valence-electron chi connectivity index (χ0n) is 19.6. The Bertz CT molecular complexity index is 1630. The van der Waals surface area contributed by atoms with Crippen molar-refractivity contribution in [1.82, 2.24) is 25.1 Å². The number of ether oxygens (including phenoxy) is 1. The highest BCUT2D eigenvalue weighted by molar-refractivity contribution is 5.94. The van der Waals surface area contributed by atoms with Gasteiger partial charge in [0, 0.05) is 23.2 Å². The normalized spacial score (nSPS) is 16.8. The third-order valence-electron chi connectivity index (χ3n) is 6.19. The number of alkyl halides is 2. The van der Waals surface area contributed by atoms with E-state index in [9.17, 15) is 23.6 Å². The Kier molecular flexibility index (Phi) is 6.19. The molecule has 1 atom stereocenters. The lowest BCUT2D eigenvalue weighted by molar-refractivity contribution is 0.0514. The maximum atomic E-state index is 13.1. The Labute approximate surface area is 209 Å². The van der Waals surface area contributed by atoms with Crippen LogP contribution in [0.25, 0.3) is 22.3 Å². The minimum atomic E-state index is -3.07. The van der Waals surface area contributed by atoms with Gasteiger partial charge in [-0.05, 0) is 54.4 Å². The highest BCUT2D eigenvalue weighted by atomic mass is 19.3. The topological polar surface area (TPSA) is 123 Å². The van der Waals surface area contributed by atoms with E-state index < -0.39 is 17.5 Å². The van der Waals surface area contributed by atoms with Gasteiger partial charge in [-0.2, -0.15) is 23.8 Å². The van der Waals surface area contributed by atoms with Crippen molar-refractivity contribution < 1.29 is 18.3 Å². The van der Waals surface area contributed by atoms with Crippen LogP contribution in [0.5, 0.6) is 0 Å². The summed E-state index contributed by atoms with van der Waals surface area (Å²) in [4.78, 5) is 33.3. The van der Waals surface area contributed by atoms with Gasteiger partial charge >= 0.3 is 6.55 Å². The lowest BCUT2D eigenvalue weighted by Crippen LogP contribution is -2.33. The van der Waals surface area contributed by atoms with Crippen LogP contribution in [0.3, 0.4) is 0 Å². The third kappa shape index (κ3) is 4.66. The fourth-order valence-corrected chi connectivity index (χ4v) is 4.16. The summed E-state index contributed by atoms with van der Waals surface area (Å²) in [6.45, 7) is -0.515. The van der Waals surface area contributed by atoms with Gasteiger partial charge in [0.2, 0.25) is 0 Å². The molecule has 0 unspecified atom stereocenters. The van der Waals surface area contributed by atoms with E-state index in [1.165, 1.54) is 6.07 Å². The zero-order chi connectivity index (χ0) is 26.2. The van der Waals surface area contributed by atoms with Crippen molar-refractivity contribution in [1.29, 1.82) is 5.26 Å². The number of carbonyl (C=O) groups excluding carboxylic acids is 1. The third-order valence-corrected chi connectivity index (χ3v) is 6.19. The van der Waals surface area contributed by atoms with Gasteiger partial charge < -0.3 is 10.1 Å². The Morgan fingerprint density at radius 2 is 2.03 bits per heavy atom. The van der Waals surface area contributed by atoms with Crippen molar-refractivity contribution in [3.05, 3.63) is 87.5 Å². The smallest absolute Gasteiger partial charge is 0.336 e. The van der Waals surface area contributed by atoms with Gasteiger partial charge in [0.25, 0.3) is 11.5 Å². The average Bonchev–Trinajstić information content (AvgIpc) is 2.91. The molecule has 1 amide bonds. The van der Waals surface area contributed by atoms with Gasteiger partial charge in [-0.15, -0.1) is 0 Å². The average molecular weight is 502 g/mol. The number of carbonyl (C=O) groups is 1. The second kappa shape index (κ2) is 9.48. The lowest BCUT2D eigenvalue weighted by atomic mass is 9.79. The van der Waals surface area contributed by atoms with E-state index >= 15 is 0 Å². The summed E-state index contributed by atoms with van der Waals surface area (Å²) in [5, 5.41) is 16.8. The quantitative estimate of drug-likeness (QED) is 0.443. The molecule has 0 radical (unpaired) electrons. The van der Waals surface area contributed by atoms with Crippen LogP contribution in [-0.4, -0.2) is 32.3 Å². The second-order valence-electron chi connectivity index (χ2n) is 8.84. The van der Waals surface area contributed by atoms with Crippen molar-refractivity contribution in [3.8, 4) is 17.5 Å². The monoisotopic (exact) mass is 502 g/mol. The molecule has 0 fully saturated rings. The molecule has 0 saturated heterocycles. The number of fused-ring (bicyclic) bond motifs is 2. The predicted octanol–water partition coefficient (Wildman–Crippen LogP) is 3.49. The molecule has 0 saturated carbocycles. The van der Waals surface area contributed by atoms with Gasteiger partial charge in [-0.3, -0.25) is 14.6 Å². The Balaban J connectivity index is 1.36. The molecule has 1 aliphatic heterocycles. The molecule has 37 heavy (non-hydrogen) atoms. The molecular formula is C26H20F2N6O3. The van der Waals surface area contributed by atoms with E-state index in [0.717, 1.165) is 17.2 Å². The molecule has 11 heteroatoms. The molecule has 0 aliphatic carbocycles. The van der Waals surface area contributed by atoms with E-state index in [0.29, 0.717) is 34.5 Å². The van der Waals surface area contributed by atoms with Crippen LogP contribution in [-0.2, 0) is 23.3 Å². The van der Waals surface area contributed by atoms with Crippen molar-refractivity contribution in [2.24, 2.45) is 0 Å². The molecule has 4 aromatic rings. The SMILES string of the molecule is C[C@@]1(C#N)COCc2ccc(C(=O)NCc3cc4nc(-c5ccc(=O)n(C(F)F)n5)ccc4cn3)cc21. The predicted molar refractivity (Wildman–Crippen MR) is 129 cm³/mol. The molecule has 0 spiro atoms. The number of benzene rings is 1.